The van der Waals surface area contributed by atoms with Crippen molar-refractivity contribution in [2.24, 2.45) is 0 Å². The molecule has 3 aromatic rings. The first kappa shape index (κ1) is 24.9. The maximum absolute atomic E-state index is 4.61. The van der Waals surface area contributed by atoms with Crippen LogP contribution in [0.5, 0.6) is 0 Å². The first-order chi connectivity index (χ1) is 15.3. The van der Waals surface area contributed by atoms with Gasteiger partial charge < -0.3 is 4.90 Å². The molecule has 7 heteroatoms. The van der Waals surface area contributed by atoms with Crippen molar-refractivity contribution in [3.8, 4) is 0 Å². The summed E-state index contributed by atoms with van der Waals surface area (Å²) in [5, 5.41) is 1.05. The van der Waals surface area contributed by atoms with E-state index in [4.69, 9.17) is 0 Å². The minimum absolute atomic E-state index is 0. The van der Waals surface area contributed by atoms with E-state index in [2.05, 4.69) is 69.2 Å². The van der Waals surface area contributed by atoms with Gasteiger partial charge >= 0.3 is 0 Å². The van der Waals surface area contributed by atoms with Gasteiger partial charge in [0.1, 0.15) is 0 Å². The topological polar surface area (TPSA) is 32.3 Å². The lowest BCUT2D eigenvalue weighted by Crippen LogP contribution is -2.46. The van der Waals surface area contributed by atoms with Crippen LogP contribution in [0.1, 0.15) is 17.7 Å². The Bertz CT molecular complexity index is 935. The van der Waals surface area contributed by atoms with Crippen molar-refractivity contribution in [3.63, 3.8) is 0 Å². The number of piperazine rings is 1. The van der Waals surface area contributed by atoms with E-state index >= 15 is 0 Å². The number of aromatic nitrogens is 2. The smallest absolute Gasteiger partial charge is 0.0963 e. The van der Waals surface area contributed by atoms with Crippen LogP contribution < -0.4 is 4.90 Å². The van der Waals surface area contributed by atoms with Crippen LogP contribution in [0.3, 0.4) is 0 Å². The zero-order valence-electron chi connectivity index (χ0n) is 18.5. The van der Waals surface area contributed by atoms with E-state index in [1.807, 2.05) is 36.3 Å². The number of benzene rings is 1. The molecule has 0 atom stereocenters. The molecule has 0 spiro atoms. The quantitative estimate of drug-likeness (QED) is 0.280. The molecule has 2 aromatic heterocycles. The van der Waals surface area contributed by atoms with Gasteiger partial charge in [-0.1, -0.05) is 24.3 Å². The van der Waals surface area contributed by atoms with Gasteiger partial charge in [-0.05, 0) is 61.5 Å². The second kappa shape index (κ2) is 13.1. The van der Waals surface area contributed by atoms with Gasteiger partial charge in [-0.3, -0.25) is 9.88 Å². The third-order valence-corrected chi connectivity index (χ3v) is 7.82. The maximum Gasteiger partial charge on any atom is 0.0963 e. The lowest BCUT2D eigenvalue weighted by Gasteiger charge is -2.36. The summed E-state index contributed by atoms with van der Waals surface area (Å²) in [6.07, 6.45) is 5.01. The van der Waals surface area contributed by atoms with E-state index in [1.54, 1.807) is 11.8 Å². The number of nitrogens with zero attached hydrogens (tertiary/aromatic N) is 4. The van der Waals surface area contributed by atoms with Crippen molar-refractivity contribution in [1.29, 1.82) is 0 Å². The second-order valence-electron chi connectivity index (χ2n) is 7.70. The van der Waals surface area contributed by atoms with Crippen LogP contribution in [0, 0.1) is 6.92 Å². The third kappa shape index (κ3) is 7.14. The Morgan fingerprint density at radius 2 is 1.62 bits per heavy atom. The van der Waals surface area contributed by atoms with Gasteiger partial charge in [-0.25, -0.2) is 4.98 Å². The van der Waals surface area contributed by atoms with Crippen molar-refractivity contribution in [1.82, 2.24) is 14.9 Å². The van der Waals surface area contributed by atoms with Crippen LogP contribution >= 0.6 is 35.9 Å². The monoisotopic (exact) mass is 486 g/mol. The molecule has 0 N–H and O–H groups in total. The Kier molecular flexibility index (Phi) is 10.2. The second-order valence-corrected chi connectivity index (χ2v) is 9.84. The van der Waals surface area contributed by atoms with Crippen molar-refractivity contribution >= 4 is 41.6 Å². The summed E-state index contributed by atoms with van der Waals surface area (Å²) in [6.45, 7) is 7.94. The highest BCUT2D eigenvalue weighted by Gasteiger charge is 2.16. The number of hydrogen-bond acceptors (Lipinski definition) is 6. The Hall–Kier alpha value is -1.73. The molecule has 0 unspecified atom stereocenters. The standard InChI is InChI=1S/C25H30N4S2.ClH/c1-21-23(20-31-25-10-5-6-12-27-25)26-13-11-24(21)30-19-7-14-28-15-17-29(18-16-28)22-8-3-2-4-9-22;/h2-6,8-13H,7,14-20H2,1H3;1H. The Balaban J connectivity index is 0.00000289. The van der Waals surface area contributed by atoms with Gasteiger partial charge in [0.15, 0.2) is 0 Å². The van der Waals surface area contributed by atoms with Gasteiger partial charge in [0.2, 0.25) is 0 Å². The summed E-state index contributed by atoms with van der Waals surface area (Å²) in [7, 11) is 0. The molecule has 1 aliphatic rings. The van der Waals surface area contributed by atoms with Crippen LogP contribution in [0.2, 0.25) is 0 Å². The predicted octanol–water partition coefficient (Wildman–Crippen LogP) is 5.80. The Labute approximate surface area is 206 Å². The molecule has 1 saturated heterocycles. The normalized spacial score (nSPS) is 14.2. The summed E-state index contributed by atoms with van der Waals surface area (Å²) in [6, 6.07) is 19.0. The molecule has 0 saturated carbocycles. The predicted molar refractivity (Wildman–Crippen MR) is 140 cm³/mol. The summed E-state index contributed by atoms with van der Waals surface area (Å²) in [5.74, 6) is 2.01. The highest BCUT2D eigenvalue weighted by atomic mass is 35.5. The van der Waals surface area contributed by atoms with E-state index in [9.17, 15) is 0 Å². The first-order valence-corrected chi connectivity index (χ1v) is 12.9. The lowest BCUT2D eigenvalue weighted by molar-refractivity contribution is 0.259. The molecule has 4 nitrogen and oxygen atoms in total. The van der Waals surface area contributed by atoms with E-state index in [0.29, 0.717) is 0 Å². The number of thioether (sulfide) groups is 2. The van der Waals surface area contributed by atoms with Crippen LogP contribution in [0.15, 0.2) is 76.9 Å². The van der Waals surface area contributed by atoms with E-state index in [1.165, 1.54) is 29.1 Å². The largest absolute Gasteiger partial charge is 0.369 e. The van der Waals surface area contributed by atoms with Crippen LogP contribution in [0.25, 0.3) is 0 Å². The van der Waals surface area contributed by atoms with Crippen molar-refractivity contribution < 1.29 is 0 Å². The zero-order chi connectivity index (χ0) is 21.3. The molecule has 3 heterocycles. The summed E-state index contributed by atoms with van der Waals surface area (Å²) in [5.41, 5.74) is 3.83. The number of pyridine rings is 2. The van der Waals surface area contributed by atoms with Crippen molar-refractivity contribution in [2.45, 2.75) is 29.0 Å². The summed E-state index contributed by atoms with van der Waals surface area (Å²) in [4.78, 5) is 15.5. The summed E-state index contributed by atoms with van der Waals surface area (Å²) >= 11 is 3.72. The van der Waals surface area contributed by atoms with Crippen LogP contribution in [-0.2, 0) is 5.75 Å². The molecule has 170 valence electrons. The zero-order valence-corrected chi connectivity index (χ0v) is 21.0. The number of hydrogen-bond donors (Lipinski definition) is 0. The summed E-state index contributed by atoms with van der Waals surface area (Å²) < 4.78 is 0. The number of halogens is 1. The third-order valence-electron chi connectivity index (χ3n) is 5.62. The highest BCUT2D eigenvalue weighted by Crippen LogP contribution is 2.28. The van der Waals surface area contributed by atoms with Gasteiger partial charge in [0.05, 0.1) is 10.7 Å². The van der Waals surface area contributed by atoms with Crippen molar-refractivity contribution in [2.75, 3.05) is 43.4 Å². The minimum Gasteiger partial charge on any atom is -0.369 e. The number of anilines is 1. The fraction of sp³-hybridized carbons (Fsp3) is 0.360. The average Bonchev–Trinajstić information content (AvgIpc) is 2.83. The Morgan fingerprint density at radius 1 is 0.844 bits per heavy atom. The molecular weight excluding hydrogens is 456 g/mol. The van der Waals surface area contributed by atoms with Gasteiger partial charge in [-0.2, -0.15) is 0 Å². The number of para-hydroxylation sites is 1. The number of rotatable bonds is 9. The van der Waals surface area contributed by atoms with Crippen LogP contribution in [0.4, 0.5) is 5.69 Å². The van der Waals surface area contributed by atoms with Crippen LogP contribution in [-0.4, -0.2) is 53.3 Å². The molecule has 0 radical (unpaired) electrons. The fourth-order valence-corrected chi connectivity index (χ4v) is 5.64. The molecule has 0 aliphatic carbocycles. The molecule has 0 amide bonds. The molecule has 4 rings (SSSR count). The maximum atomic E-state index is 4.61. The SMILES string of the molecule is Cc1c(SCCCN2CCN(c3ccccc3)CC2)ccnc1CSc1ccccn1.Cl. The Morgan fingerprint density at radius 3 is 2.38 bits per heavy atom. The molecule has 0 bridgehead atoms. The van der Waals surface area contributed by atoms with E-state index in [0.717, 1.165) is 48.4 Å². The lowest BCUT2D eigenvalue weighted by atomic mass is 10.2. The van der Waals surface area contributed by atoms with Crippen molar-refractivity contribution in [3.05, 3.63) is 78.2 Å². The fourth-order valence-electron chi connectivity index (χ4n) is 3.77. The average molecular weight is 487 g/mol. The van der Waals surface area contributed by atoms with Gasteiger partial charge in [0, 0.05) is 54.9 Å². The minimum atomic E-state index is 0. The van der Waals surface area contributed by atoms with E-state index < -0.39 is 0 Å². The first-order valence-electron chi connectivity index (χ1n) is 10.9. The molecule has 1 aromatic carbocycles. The molecule has 1 fully saturated rings. The van der Waals surface area contributed by atoms with Gasteiger partial charge in [-0.15, -0.1) is 35.9 Å². The highest BCUT2D eigenvalue weighted by molar-refractivity contribution is 7.99. The molecule has 32 heavy (non-hydrogen) atoms. The molecule has 1 aliphatic heterocycles. The van der Waals surface area contributed by atoms with E-state index in [-0.39, 0.29) is 12.4 Å². The van der Waals surface area contributed by atoms with Gasteiger partial charge in [0.25, 0.3) is 0 Å². The molecular formula is C25H31ClN4S2.